The van der Waals surface area contributed by atoms with Gasteiger partial charge in [-0.2, -0.15) is 9.40 Å². The van der Waals surface area contributed by atoms with E-state index in [1.54, 1.807) is 35.3 Å². The summed E-state index contributed by atoms with van der Waals surface area (Å²) in [6.07, 6.45) is 2.21. The van der Waals surface area contributed by atoms with Crippen molar-refractivity contribution in [2.75, 3.05) is 13.1 Å². The quantitative estimate of drug-likeness (QED) is 0.859. The smallest absolute Gasteiger partial charge is 0.243 e. The van der Waals surface area contributed by atoms with Gasteiger partial charge in [0, 0.05) is 38.4 Å². The van der Waals surface area contributed by atoms with Gasteiger partial charge in [-0.25, -0.2) is 17.5 Å². The topological polar surface area (TPSA) is 84.3 Å². The fourth-order valence-electron chi connectivity index (χ4n) is 2.90. The Morgan fingerprint density at radius 2 is 2.08 bits per heavy atom. The molecule has 1 saturated heterocycles. The zero-order valence-electron chi connectivity index (χ0n) is 13.7. The zero-order valence-corrected chi connectivity index (χ0v) is 14.5. The van der Waals surface area contributed by atoms with Crippen molar-refractivity contribution < 1.29 is 17.6 Å². The first-order chi connectivity index (χ1) is 11.9. The minimum Gasteiger partial charge on any atom is -0.355 e. The molecule has 7 nitrogen and oxygen atoms in total. The number of sulfonamides is 1. The Labute approximate surface area is 145 Å². The number of carbonyl (C=O) groups is 1. The summed E-state index contributed by atoms with van der Waals surface area (Å²) < 4.78 is 42.3. The van der Waals surface area contributed by atoms with E-state index < -0.39 is 22.2 Å². The summed E-state index contributed by atoms with van der Waals surface area (Å²) in [5.41, 5.74) is 0.725. The van der Waals surface area contributed by atoms with Gasteiger partial charge in [0.15, 0.2) is 0 Å². The standard InChI is InChI=1S/C16H19FN4O3S/c1-12(22)18-10-15-9-13(17)11-21(15)25(23,24)16-5-3-14(4-6-16)20-8-2-7-19-20/h2-8,13,15H,9-11H2,1H3,(H,18,22)/t13-,15-/m0/s1. The van der Waals surface area contributed by atoms with Gasteiger partial charge in [-0.3, -0.25) is 4.79 Å². The molecule has 134 valence electrons. The lowest BCUT2D eigenvalue weighted by molar-refractivity contribution is -0.119. The van der Waals surface area contributed by atoms with E-state index in [4.69, 9.17) is 0 Å². The first-order valence-corrected chi connectivity index (χ1v) is 9.32. The van der Waals surface area contributed by atoms with Crippen LogP contribution in [0.5, 0.6) is 0 Å². The van der Waals surface area contributed by atoms with Crippen LogP contribution in [0.2, 0.25) is 0 Å². The molecule has 25 heavy (non-hydrogen) atoms. The largest absolute Gasteiger partial charge is 0.355 e. The third kappa shape index (κ3) is 3.72. The second-order valence-corrected chi connectivity index (χ2v) is 7.83. The summed E-state index contributed by atoms with van der Waals surface area (Å²) in [7, 11) is -3.84. The maximum atomic E-state index is 13.8. The highest BCUT2D eigenvalue weighted by molar-refractivity contribution is 7.89. The molecule has 2 heterocycles. The number of carbonyl (C=O) groups excluding carboxylic acids is 1. The van der Waals surface area contributed by atoms with E-state index in [9.17, 15) is 17.6 Å². The molecule has 2 aromatic rings. The lowest BCUT2D eigenvalue weighted by Crippen LogP contribution is -2.42. The molecule has 1 fully saturated rings. The van der Waals surface area contributed by atoms with Crippen LogP contribution in [0.3, 0.4) is 0 Å². The summed E-state index contributed by atoms with van der Waals surface area (Å²) in [5, 5.41) is 6.65. The Hall–Kier alpha value is -2.26. The lowest BCUT2D eigenvalue weighted by Gasteiger charge is -2.23. The van der Waals surface area contributed by atoms with Gasteiger partial charge < -0.3 is 5.32 Å². The molecular formula is C16H19FN4O3S. The van der Waals surface area contributed by atoms with E-state index >= 15 is 0 Å². The molecule has 1 aromatic carbocycles. The van der Waals surface area contributed by atoms with Gasteiger partial charge in [0.25, 0.3) is 0 Å². The van der Waals surface area contributed by atoms with E-state index in [1.165, 1.54) is 19.1 Å². The van der Waals surface area contributed by atoms with Crippen LogP contribution >= 0.6 is 0 Å². The van der Waals surface area contributed by atoms with Crippen molar-refractivity contribution in [3.63, 3.8) is 0 Å². The van der Waals surface area contributed by atoms with E-state index in [-0.39, 0.29) is 30.3 Å². The van der Waals surface area contributed by atoms with Crippen molar-refractivity contribution in [2.45, 2.75) is 30.5 Å². The van der Waals surface area contributed by atoms with Crippen molar-refractivity contribution in [3.05, 3.63) is 42.7 Å². The molecule has 0 saturated carbocycles. The SMILES string of the molecule is CC(=O)NC[C@@H]1C[C@H](F)CN1S(=O)(=O)c1ccc(-n2cccn2)cc1. The second-order valence-electron chi connectivity index (χ2n) is 5.94. The normalized spacial score (nSPS) is 21.4. The fourth-order valence-corrected chi connectivity index (χ4v) is 4.56. The van der Waals surface area contributed by atoms with Crippen LogP contribution in [0.4, 0.5) is 4.39 Å². The molecule has 1 aliphatic heterocycles. The number of amides is 1. The van der Waals surface area contributed by atoms with Crippen molar-refractivity contribution in [1.29, 1.82) is 0 Å². The summed E-state index contributed by atoms with van der Waals surface area (Å²) in [6.45, 7) is 1.24. The molecule has 0 radical (unpaired) electrons. The maximum absolute atomic E-state index is 13.8. The Kier molecular flexibility index (Phi) is 4.87. The van der Waals surface area contributed by atoms with Crippen LogP contribution in [0, 0.1) is 0 Å². The molecule has 3 rings (SSSR count). The van der Waals surface area contributed by atoms with E-state index in [2.05, 4.69) is 10.4 Å². The first kappa shape index (κ1) is 17.6. The molecule has 1 N–H and O–H groups in total. The monoisotopic (exact) mass is 366 g/mol. The van der Waals surface area contributed by atoms with Crippen LogP contribution < -0.4 is 5.32 Å². The van der Waals surface area contributed by atoms with Crippen molar-refractivity contribution in [2.24, 2.45) is 0 Å². The summed E-state index contributed by atoms with van der Waals surface area (Å²) >= 11 is 0. The van der Waals surface area contributed by atoms with Gasteiger partial charge >= 0.3 is 0 Å². The van der Waals surface area contributed by atoms with E-state index in [0.717, 1.165) is 9.99 Å². The molecule has 2 atom stereocenters. The Bertz CT molecular complexity index is 837. The van der Waals surface area contributed by atoms with Crippen LogP contribution in [0.25, 0.3) is 5.69 Å². The molecule has 9 heteroatoms. The van der Waals surface area contributed by atoms with Crippen molar-refractivity contribution in [1.82, 2.24) is 19.4 Å². The Morgan fingerprint density at radius 1 is 1.36 bits per heavy atom. The Morgan fingerprint density at radius 3 is 2.68 bits per heavy atom. The number of rotatable bonds is 5. The average molecular weight is 366 g/mol. The van der Waals surface area contributed by atoms with Crippen LogP contribution in [-0.2, 0) is 14.8 Å². The molecule has 1 aliphatic rings. The number of halogens is 1. The summed E-state index contributed by atoms with van der Waals surface area (Å²) in [4.78, 5) is 11.2. The number of hydrogen-bond acceptors (Lipinski definition) is 4. The second kappa shape index (κ2) is 6.93. The summed E-state index contributed by atoms with van der Waals surface area (Å²) in [6, 6.07) is 7.43. The Balaban J connectivity index is 1.83. The fraction of sp³-hybridized carbons (Fsp3) is 0.375. The van der Waals surface area contributed by atoms with E-state index in [0.29, 0.717) is 0 Å². The third-order valence-corrected chi connectivity index (χ3v) is 6.04. The lowest BCUT2D eigenvalue weighted by atomic mass is 10.2. The maximum Gasteiger partial charge on any atom is 0.243 e. The van der Waals surface area contributed by atoms with Crippen LogP contribution in [0.15, 0.2) is 47.6 Å². The minimum atomic E-state index is -3.84. The van der Waals surface area contributed by atoms with Gasteiger partial charge in [0.1, 0.15) is 6.17 Å². The minimum absolute atomic E-state index is 0.0743. The van der Waals surface area contributed by atoms with Gasteiger partial charge in [0.05, 0.1) is 10.6 Å². The third-order valence-electron chi connectivity index (χ3n) is 4.11. The van der Waals surface area contributed by atoms with Crippen LogP contribution in [-0.4, -0.2) is 53.7 Å². The summed E-state index contributed by atoms with van der Waals surface area (Å²) in [5.74, 6) is -0.275. The van der Waals surface area contributed by atoms with Gasteiger partial charge in [0.2, 0.25) is 15.9 Å². The highest BCUT2D eigenvalue weighted by Crippen LogP contribution is 2.28. The predicted molar refractivity (Wildman–Crippen MR) is 89.4 cm³/mol. The average Bonchev–Trinajstić information content (AvgIpc) is 3.23. The zero-order chi connectivity index (χ0) is 18.0. The molecule has 0 aliphatic carbocycles. The highest BCUT2D eigenvalue weighted by atomic mass is 32.2. The molecule has 0 unspecified atom stereocenters. The van der Waals surface area contributed by atoms with Crippen molar-refractivity contribution in [3.8, 4) is 5.69 Å². The number of nitrogens with one attached hydrogen (secondary N) is 1. The van der Waals surface area contributed by atoms with Gasteiger partial charge in [-0.15, -0.1) is 0 Å². The molecule has 1 aromatic heterocycles. The first-order valence-electron chi connectivity index (χ1n) is 7.88. The number of nitrogens with zero attached hydrogens (tertiary/aromatic N) is 3. The predicted octanol–water partition coefficient (Wildman–Crippen LogP) is 1.11. The number of alkyl halides is 1. The van der Waals surface area contributed by atoms with E-state index in [1.807, 2.05) is 0 Å². The molecule has 0 spiro atoms. The van der Waals surface area contributed by atoms with Crippen LogP contribution in [0.1, 0.15) is 13.3 Å². The molecule has 1 amide bonds. The molecular weight excluding hydrogens is 347 g/mol. The molecule has 0 bridgehead atoms. The number of benzene rings is 1. The highest BCUT2D eigenvalue weighted by Gasteiger charge is 2.40. The number of aromatic nitrogens is 2. The number of hydrogen-bond donors (Lipinski definition) is 1. The van der Waals surface area contributed by atoms with Crippen molar-refractivity contribution >= 4 is 15.9 Å². The van der Waals surface area contributed by atoms with Gasteiger partial charge in [-0.1, -0.05) is 0 Å². The van der Waals surface area contributed by atoms with Gasteiger partial charge in [-0.05, 0) is 36.8 Å².